The zero-order chi connectivity index (χ0) is 6.69. The Morgan fingerprint density at radius 2 is 2.30 bits per heavy atom. The Morgan fingerprint density at radius 3 is 2.70 bits per heavy atom. The van der Waals surface area contributed by atoms with Gasteiger partial charge in [-0.3, -0.25) is 0 Å². The molecule has 0 saturated carbocycles. The van der Waals surface area contributed by atoms with Crippen LogP contribution >= 0.6 is 0 Å². The van der Waals surface area contributed by atoms with Crippen molar-refractivity contribution in [2.24, 2.45) is 0 Å². The predicted octanol–water partition coefficient (Wildman–Crippen LogP) is -3.43. The van der Waals surface area contributed by atoms with Crippen LogP contribution in [0.25, 0.3) is 0 Å². The summed E-state index contributed by atoms with van der Waals surface area (Å²) >= 11 is 0. The van der Waals surface area contributed by atoms with Crippen LogP contribution in [0.4, 0.5) is 0 Å². The van der Waals surface area contributed by atoms with E-state index in [-0.39, 0.29) is 35.1 Å². The number of carbonyl (C=O) groups is 1. The SMILES string of the molecule is O=C1OCCC/C1=C/[O-].[Na+]. The zero-order valence-electron chi connectivity index (χ0n) is 5.92. The van der Waals surface area contributed by atoms with Gasteiger partial charge in [-0.2, -0.15) is 0 Å². The fraction of sp³-hybridized carbons (Fsp3) is 0.500. The first-order valence-electron chi connectivity index (χ1n) is 2.82. The minimum atomic E-state index is -0.448. The largest absolute Gasteiger partial charge is 1.00 e. The van der Waals surface area contributed by atoms with E-state index in [4.69, 9.17) is 0 Å². The molecule has 1 aliphatic heterocycles. The standard InChI is InChI=1S/C6H8O3.Na/c7-4-5-2-1-3-9-6(5)8;/h4,7H,1-3H2;/q;+1/p-1/b5-4-;. The van der Waals surface area contributed by atoms with Crippen molar-refractivity contribution in [2.45, 2.75) is 12.8 Å². The van der Waals surface area contributed by atoms with E-state index in [1.54, 1.807) is 0 Å². The molecule has 1 heterocycles. The van der Waals surface area contributed by atoms with Crippen molar-refractivity contribution in [3.05, 3.63) is 11.8 Å². The van der Waals surface area contributed by atoms with E-state index in [1.165, 1.54) is 0 Å². The molecule has 0 atom stereocenters. The third-order valence-corrected chi connectivity index (χ3v) is 1.23. The molecule has 0 amide bonds. The van der Waals surface area contributed by atoms with Crippen LogP contribution in [-0.2, 0) is 9.53 Å². The third-order valence-electron chi connectivity index (χ3n) is 1.23. The number of carbonyl (C=O) groups excluding carboxylic acids is 1. The minimum absolute atomic E-state index is 0. The first kappa shape index (κ1) is 10.0. The van der Waals surface area contributed by atoms with Gasteiger partial charge in [0.05, 0.1) is 6.61 Å². The Morgan fingerprint density at radius 1 is 1.60 bits per heavy atom. The van der Waals surface area contributed by atoms with E-state index in [0.29, 0.717) is 19.3 Å². The van der Waals surface area contributed by atoms with Crippen LogP contribution in [-0.4, -0.2) is 12.6 Å². The average Bonchev–Trinajstić information content (AvgIpc) is 1.89. The van der Waals surface area contributed by atoms with Gasteiger partial charge in [-0.25, -0.2) is 4.79 Å². The maximum absolute atomic E-state index is 10.5. The molecule has 0 bridgehead atoms. The molecule has 50 valence electrons. The van der Waals surface area contributed by atoms with Gasteiger partial charge in [-0.15, -0.1) is 6.26 Å². The van der Waals surface area contributed by atoms with Crippen molar-refractivity contribution in [1.29, 1.82) is 0 Å². The second-order valence-electron chi connectivity index (χ2n) is 1.88. The molecule has 0 aromatic carbocycles. The second-order valence-corrected chi connectivity index (χ2v) is 1.88. The summed E-state index contributed by atoms with van der Waals surface area (Å²) in [5.41, 5.74) is 0.265. The summed E-state index contributed by atoms with van der Waals surface area (Å²) < 4.78 is 4.57. The normalized spacial score (nSPS) is 21.6. The van der Waals surface area contributed by atoms with Crippen LogP contribution < -0.4 is 34.7 Å². The molecule has 0 aromatic heterocycles. The number of esters is 1. The predicted molar refractivity (Wildman–Crippen MR) is 28.3 cm³/mol. The molecule has 4 heteroatoms. The molecule has 0 aromatic rings. The monoisotopic (exact) mass is 150 g/mol. The van der Waals surface area contributed by atoms with Gasteiger partial charge in [0, 0.05) is 5.57 Å². The van der Waals surface area contributed by atoms with Crippen molar-refractivity contribution < 1.29 is 44.2 Å². The van der Waals surface area contributed by atoms with E-state index < -0.39 is 5.97 Å². The summed E-state index contributed by atoms with van der Waals surface area (Å²) in [6.45, 7) is 0.455. The van der Waals surface area contributed by atoms with Crippen molar-refractivity contribution in [2.75, 3.05) is 6.61 Å². The first-order valence-corrected chi connectivity index (χ1v) is 2.82. The summed E-state index contributed by atoms with van der Waals surface area (Å²) in [5.74, 6) is -0.448. The summed E-state index contributed by atoms with van der Waals surface area (Å²) in [6.07, 6.45) is 1.92. The molecular weight excluding hydrogens is 143 g/mol. The van der Waals surface area contributed by atoms with E-state index in [2.05, 4.69) is 4.74 Å². The van der Waals surface area contributed by atoms with E-state index in [1.807, 2.05) is 0 Å². The maximum Gasteiger partial charge on any atom is 1.00 e. The smallest absolute Gasteiger partial charge is 0.878 e. The summed E-state index contributed by atoms with van der Waals surface area (Å²) in [5, 5.41) is 10.0. The topological polar surface area (TPSA) is 49.4 Å². The average molecular weight is 150 g/mol. The van der Waals surface area contributed by atoms with Gasteiger partial charge in [0.25, 0.3) is 0 Å². The van der Waals surface area contributed by atoms with Crippen LogP contribution in [0.1, 0.15) is 12.8 Å². The van der Waals surface area contributed by atoms with E-state index >= 15 is 0 Å². The molecule has 0 N–H and O–H groups in total. The summed E-state index contributed by atoms with van der Waals surface area (Å²) in [7, 11) is 0. The van der Waals surface area contributed by atoms with Crippen molar-refractivity contribution in [3.8, 4) is 0 Å². The number of cyclic esters (lactones) is 1. The third kappa shape index (κ3) is 2.33. The van der Waals surface area contributed by atoms with Gasteiger partial charge in [-0.05, 0) is 12.8 Å². The molecule has 0 unspecified atom stereocenters. The van der Waals surface area contributed by atoms with Crippen LogP contribution in [0.2, 0.25) is 0 Å². The first-order chi connectivity index (χ1) is 4.34. The Bertz CT molecular complexity index is 153. The molecule has 1 rings (SSSR count). The van der Waals surface area contributed by atoms with E-state index in [0.717, 1.165) is 6.42 Å². The molecular formula is C6H7NaO3. The van der Waals surface area contributed by atoms with E-state index in [9.17, 15) is 9.90 Å². The molecule has 1 fully saturated rings. The zero-order valence-corrected chi connectivity index (χ0v) is 7.92. The molecule has 0 spiro atoms. The summed E-state index contributed by atoms with van der Waals surface area (Å²) in [4.78, 5) is 10.5. The van der Waals surface area contributed by atoms with Crippen molar-refractivity contribution in [3.63, 3.8) is 0 Å². The van der Waals surface area contributed by atoms with Gasteiger partial charge in [0.2, 0.25) is 0 Å². The fourth-order valence-electron chi connectivity index (χ4n) is 0.729. The summed E-state index contributed by atoms with van der Waals surface area (Å²) in [6, 6.07) is 0. The van der Waals surface area contributed by atoms with Crippen LogP contribution in [0.15, 0.2) is 11.8 Å². The van der Waals surface area contributed by atoms with Crippen LogP contribution in [0, 0.1) is 0 Å². The van der Waals surface area contributed by atoms with Gasteiger partial charge in [-0.1, -0.05) is 0 Å². The van der Waals surface area contributed by atoms with Gasteiger partial charge >= 0.3 is 35.5 Å². The number of hydrogen-bond acceptors (Lipinski definition) is 3. The number of rotatable bonds is 0. The molecule has 0 radical (unpaired) electrons. The van der Waals surface area contributed by atoms with Crippen molar-refractivity contribution in [1.82, 2.24) is 0 Å². The Balaban J connectivity index is 0.000000810. The Kier molecular flexibility index (Phi) is 4.77. The maximum atomic E-state index is 10.5. The minimum Gasteiger partial charge on any atom is -0.878 e. The molecule has 0 aliphatic carbocycles. The molecule has 3 nitrogen and oxygen atoms in total. The quantitative estimate of drug-likeness (QED) is 0.156. The number of ether oxygens (including phenoxy) is 1. The second kappa shape index (κ2) is 4.77. The van der Waals surface area contributed by atoms with Gasteiger partial charge in [0.15, 0.2) is 0 Å². The molecule has 10 heavy (non-hydrogen) atoms. The number of hydrogen-bond donors (Lipinski definition) is 0. The Hall–Kier alpha value is 0.0100. The van der Waals surface area contributed by atoms with Gasteiger partial charge < -0.3 is 9.84 Å². The Labute approximate surface area is 81.4 Å². The van der Waals surface area contributed by atoms with Gasteiger partial charge in [0.1, 0.15) is 0 Å². The molecule has 1 aliphatic rings. The van der Waals surface area contributed by atoms with Crippen LogP contribution in [0.3, 0.4) is 0 Å². The fourth-order valence-corrected chi connectivity index (χ4v) is 0.729. The molecule has 1 saturated heterocycles. The van der Waals surface area contributed by atoms with Crippen LogP contribution in [0.5, 0.6) is 0 Å². The van der Waals surface area contributed by atoms with Crippen molar-refractivity contribution >= 4 is 5.97 Å².